The number of amides is 1. The van der Waals surface area contributed by atoms with Crippen LogP contribution in [0.25, 0.3) is 0 Å². The van der Waals surface area contributed by atoms with Crippen molar-refractivity contribution >= 4 is 5.91 Å². The molecule has 144 valence electrons. The maximum absolute atomic E-state index is 12.7. The first-order valence-corrected chi connectivity index (χ1v) is 9.51. The van der Waals surface area contributed by atoms with Gasteiger partial charge in [-0.05, 0) is 43.5 Å². The van der Waals surface area contributed by atoms with Crippen molar-refractivity contribution in [3.63, 3.8) is 0 Å². The fourth-order valence-corrected chi connectivity index (χ4v) is 3.75. The number of pyridine rings is 2. The van der Waals surface area contributed by atoms with Gasteiger partial charge in [0.2, 0.25) is 0 Å². The summed E-state index contributed by atoms with van der Waals surface area (Å²) in [6.45, 7) is 3.78. The van der Waals surface area contributed by atoms with E-state index in [2.05, 4.69) is 25.6 Å². The van der Waals surface area contributed by atoms with Gasteiger partial charge in [0.15, 0.2) is 0 Å². The SMILES string of the molecule is Cc1ccc(C(=O)N2CCC(c3nccn3Cc3cccnc3)CC2)c(=O)[nH]1. The van der Waals surface area contributed by atoms with Gasteiger partial charge in [0, 0.05) is 49.5 Å². The zero-order chi connectivity index (χ0) is 19.5. The van der Waals surface area contributed by atoms with E-state index in [9.17, 15) is 9.59 Å². The monoisotopic (exact) mass is 377 g/mol. The highest BCUT2D eigenvalue weighted by Gasteiger charge is 2.28. The van der Waals surface area contributed by atoms with E-state index in [0.29, 0.717) is 19.0 Å². The number of carbonyl (C=O) groups excluding carboxylic acids is 1. The quantitative estimate of drug-likeness (QED) is 0.756. The van der Waals surface area contributed by atoms with E-state index in [1.807, 2.05) is 24.7 Å². The molecule has 7 heteroatoms. The van der Waals surface area contributed by atoms with Crippen molar-refractivity contribution in [1.82, 2.24) is 24.4 Å². The lowest BCUT2D eigenvalue weighted by atomic mass is 9.95. The highest BCUT2D eigenvalue weighted by Crippen LogP contribution is 2.27. The van der Waals surface area contributed by atoms with Crippen molar-refractivity contribution in [2.75, 3.05) is 13.1 Å². The van der Waals surface area contributed by atoms with Crippen LogP contribution in [0.5, 0.6) is 0 Å². The Morgan fingerprint density at radius 1 is 1.21 bits per heavy atom. The van der Waals surface area contributed by atoms with E-state index in [4.69, 9.17) is 0 Å². The minimum Gasteiger partial charge on any atom is -0.338 e. The molecule has 4 rings (SSSR count). The van der Waals surface area contributed by atoms with Crippen molar-refractivity contribution < 1.29 is 4.79 Å². The molecule has 0 saturated carbocycles. The first kappa shape index (κ1) is 18.2. The fourth-order valence-electron chi connectivity index (χ4n) is 3.75. The summed E-state index contributed by atoms with van der Waals surface area (Å²) in [5, 5.41) is 0. The Morgan fingerprint density at radius 3 is 2.75 bits per heavy atom. The van der Waals surface area contributed by atoms with Crippen LogP contribution in [0, 0.1) is 6.92 Å². The molecule has 1 saturated heterocycles. The van der Waals surface area contributed by atoms with Crippen molar-refractivity contribution in [3.8, 4) is 0 Å². The number of imidazole rings is 1. The van der Waals surface area contributed by atoms with Gasteiger partial charge >= 0.3 is 0 Å². The molecule has 0 spiro atoms. The number of aryl methyl sites for hydroxylation is 1. The average Bonchev–Trinajstić information content (AvgIpc) is 3.16. The molecule has 1 amide bonds. The average molecular weight is 377 g/mol. The largest absolute Gasteiger partial charge is 0.338 e. The van der Waals surface area contributed by atoms with E-state index < -0.39 is 0 Å². The van der Waals surface area contributed by atoms with Crippen LogP contribution in [-0.4, -0.2) is 43.4 Å². The zero-order valence-electron chi connectivity index (χ0n) is 15.8. The number of nitrogens with one attached hydrogen (secondary N) is 1. The number of rotatable bonds is 4. The van der Waals surface area contributed by atoms with Crippen molar-refractivity contribution in [1.29, 1.82) is 0 Å². The summed E-state index contributed by atoms with van der Waals surface area (Å²) in [7, 11) is 0. The smallest absolute Gasteiger partial charge is 0.260 e. The van der Waals surface area contributed by atoms with Crippen LogP contribution < -0.4 is 5.56 Å². The molecule has 3 aromatic heterocycles. The second kappa shape index (κ2) is 7.80. The Hall–Kier alpha value is -3.22. The van der Waals surface area contributed by atoms with E-state index in [1.165, 1.54) is 0 Å². The minimum atomic E-state index is -0.320. The summed E-state index contributed by atoms with van der Waals surface area (Å²) in [5.41, 5.74) is 1.77. The normalized spacial score (nSPS) is 15.0. The summed E-state index contributed by atoms with van der Waals surface area (Å²) in [6.07, 6.45) is 9.12. The molecule has 1 aliphatic rings. The standard InChI is InChI=1S/C21H23N5O2/c1-15-4-5-18(20(27)24-15)21(28)25-10-6-17(7-11-25)19-23-9-12-26(19)14-16-3-2-8-22-13-16/h2-5,8-9,12-13,17H,6-7,10-11,14H2,1H3,(H,24,27). The highest BCUT2D eigenvalue weighted by molar-refractivity contribution is 5.93. The van der Waals surface area contributed by atoms with E-state index in [-0.39, 0.29) is 17.0 Å². The highest BCUT2D eigenvalue weighted by atomic mass is 16.2. The Morgan fingerprint density at radius 2 is 2.04 bits per heavy atom. The van der Waals surface area contributed by atoms with Gasteiger partial charge in [-0.3, -0.25) is 14.6 Å². The molecule has 0 atom stereocenters. The number of likely N-dealkylation sites (tertiary alicyclic amines) is 1. The Bertz CT molecular complexity index is 1020. The van der Waals surface area contributed by atoms with Crippen molar-refractivity contribution in [2.45, 2.75) is 32.2 Å². The zero-order valence-corrected chi connectivity index (χ0v) is 15.8. The minimum absolute atomic E-state index is 0.196. The number of hydrogen-bond donors (Lipinski definition) is 1. The Balaban J connectivity index is 1.43. The van der Waals surface area contributed by atoms with E-state index in [0.717, 1.165) is 36.5 Å². The summed E-state index contributed by atoms with van der Waals surface area (Å²) in [6, 6.07) is 7.36. The third kappa shape index (κ3) is 3.74. The summed E-state index contributed by atoms with van der Waals surface area (Å²) in [5.74, 6) is 1.15. The maximum Gasteiger partial charge on any atom is 0.260 e. The Kier molecular flexibility index (Phi) is 5.06. The lowest BCUT2D eigenvalue weighted by molar-refractivity contribution is 0.0708. The molecule has 7 nitrogen and oxygen atoms in total. The maximum atomic E-state index is 12.7. The topological polar surface area (TPSA) is 83.9 Å². The first-order valence-electron chi connectivity index (χ1n) is 9.51. The summed E-state index contributed by atoms with van der Waals surface area (Å²) >= 11 is 0. The van der Waals surface area contributed by atoms with Crippen LogP contribution in [0.2, 0.25) is 0 Å². The van der Waals surface area contributed by atoms with Gasteiger partial charge in [0.25, 0.3) is 11.5 Å². The summed E-state index contributed by atoms with van der Waals surface area (Å²) in [4.78, 5) is 38.0. The van der Waals surface area contributed by atoms with E-state index in [1.54, 1.807) is 30.2 Å². The van der Waals surface area contributed by atoms with Crippen LogP contribution in [0.3, 0.4) is 0 Å². The van der Waals surface area contributed by atoms with Crippen molar-refractivity contribution in [2.24, 2.45) is 0 Å². The van der Waals surface area contributed by atoms with Gasteiger partial charge in [-0.25, -0.2) is 4.98 Å². The van der Waals surface area contributed by atoms with Crippen LogP contribution in [0.4, 0.5) is 0 Å². The summed E-state index contributed by atoms with van der Waals surface area (Å²) < 4.78 is 2.16. The van der Waals surface area contributed by atoms with Gasteiger partial charge in [-0.1, -0.05) is 6.07 Å². The second-order valence-corrected chi connectivity index (χ2v) is 7.23. The predicted octanol–water partition coefficient (Wildman–Crippen LogP) is 2.34. The van der Waals surface area contributed by atoms with Crippen LogP contribution in [-0.2, 0) is 6.54 Å². The van der Waals surface area contributed by atoms with Gasteiger partial charge in [0.05, 0.1) is 6.54 Å². The number of hydrogen-bond acceptors (Lipinski definition) is 4. The lowest BCUT2D eigenvalue weighted by Gasteiger charge is -2.31. The molecule has 1 aliphatic heterocycles. The molecule has 0 bridgehead atoms. The predicted molar refractivity (Wildman–Crippen MR) is 105 cm³/mol. The van der Waals surface area contributed by atoms with Gasteiger partial charge in [-0.15, -0.1) is 0 Å². The third-order valence-electron chi connectivity index (χ3n) is 5.26. The number of carbonyl (C=O) groups is 1. The first-order chi connectivity index (χ1) is 13.6. The molecule has 1 fully saturated rings. The molecular weight excluding hydrogens is 354 g/mol. The van der Waals surface area contributed by atoms with Crippen molar-refractivity contribution in [3.05, 3.63) is 82.1 Å². The van der Waals surface area contributed by atoms with Crippen LogP contribution in [0.15, 0.2) is 53.8 Å². The molecule has 1 N–H and O–H groups in total. The number of nitrogens with zero attached hydrogens (tertiary/aromatic N) is 4. The molecule has 0 aromatic carbocycles. The van der Waals surface area contributed by atoms with Gasteiger partial charge in [0.1, 0.15) is 11.4 Å². The number of piperidine rings is 1. The van der Waals surface area contributed by atoms with E-state index >= 15 is 0 Å². The molecule has 28 heavy (non-hydrogen) atoms. The number of aromatic nitrogens is 4. The number of H-pyrrole nitrogens is 1. The fraction of sp³-hybridized carbons (Fsp3) is 0.333. The molecule has 0 radical (unpaired) electrons. The molecular formula is C21H23N5O2. The molecule has 0 unspecified atom stereocenters. The van der Waals surface area contributed by atoms with Gasteiger partial charge < -0.3 is 14.5 Å². The Labute approximate surface area is 163 Å². The molecule has 3 aromatic rings. The van der Waals surface area contributed by atoms with Crippen LogP contribution in [0.1, 0.15) is 46.2 Å². The lowest BCUT2D eigenvalue weighted by Crippen LogP contribution is -2.40. The van der Waals surface area contributed by atoms with Gasteiger partial charge in [-0.2, -0.15) is 0 Å². The second-order valence-electron chi connectivity index (χ2n) is 7.23. The molecule has 4 heterocycles. The third-order valence-corrected chi connectivity index (χ3v) is 5.26. The molecule has 0 aliphatic carbocycles. The van der Waals surface area contributed by atoms with Crippen LogP contribution >= 0.6 is 0 Å². The number of aromatic amines is 1.